The zero-order chi connectivity index (χ0) is 14.5. The topological polar surface area (TPSA) is 30.5 Å². The van der Waals surface area contributed by atoms with Crippen LogP contribution in [-0.2, 0) is 6.54 Å². The van der Waals surface area contributed by atoms with Crippen LogP contribution >= 0.6 is 0 Å². The van der Waals surface area contributed by atoms with Crippen molar-refractivity contribution in [3.8, 4) is 11.5 Å². The molecular formula is C18H27NO2. The summed E-state index contributed by atoms with van der Waals surface area (Å²) in [6.45, 7) is 5.88. The van der Waals surface area contributed by atoms with Crippen molar-refractivity contribution in [2.24, 2.45) is 5.41 Å². The van der Waals surface area contributed by atoms with Crippen LogP contribution in [0.5, 0.6) is 11.5 Å². The predicted octanol–water partition coefficient (Wildman–Crippen LogP) is 3.91. The van der Waals surface area contributed by atoms with Crippen molar-refractivity contribution in [2.75, 3.05) is 19.8 Å². The molecule has 1 saturated carbocycles. The number of hydrogen-bond acceptors (Lipinski definition) is 3. The Hall–Kier alpha value is -1.22. The lowest BCUT2D eigenvalue weighted by molar-refractivity contribution is 0.207. The first-order valence-electron chi connectivity index (χ1n) is 8.35. The molecule has 0 radical (unpaired) electrons. The number of ether oxygens (including phenoxy) is 2. The second-order valence-corrected chi connectivity index (χ2v) is 6.77. The van der Waals surface area contributed by atoms with Crippen LogP contribution < -0.4 is 14.8 Å². The molecule has 1 fully saturated rings. The molecule has 1 aliphatic carbocycles. The van der Waals surface area contributed by atoms with Crippen molar-refractivity contribution in [3.05, 3.63) is 23.8 Å². The summed E-state index contributed by atoms with van der Waals surface area (Å²) >= 11 is 0. The summed E-state index contributed by atoms with van der Waals surface area (Å²) in [6.07, 6.45) is 7.84. The minimum absolute atomic E-state index is 0.474. The Morgan fingerprint density at radius 3 is 2.71 bits per heavy atom. The molecule has 0 bridgehead atoms. The molecule has 1 heterocycles. The fourth-order valence-corrected chi connectivity index (χ4v) is 3.47. The fraction of sp³-hybridized carbons (Fsp3) is 0.667. The first-order valence-corrected chi connectivity index (χ1v) is 8.35. The maximum Gasteiger partial charge on any atom is 0.165 e. The molecule has 1 aliphatic heterocycles. The zero-order valence-electron chi connectivity index (χ0n) is 13.1. The van der Waals surface area contributed by atoms with Crippen molar-refractivity contribution in [2.45, 2.75) is 52.0 Å². The Morgan fingerprint density at radius 2 is 1.86 bits per heavy atom. The van der Waals surface area contributed by atoms with Crippen molar-refractivity contribution < 1.29 is 9.47 Å². The summed E-state index contributed by atoms with van der Waals surface area (Å²) in [5.41, 5.74) is 1.69. The van der Waals surface area contributed by atoms with Crippen LogP contribution in [0.1, 0.15) is 51.0 Å². The van der Waals surface area contributed by atoms with Gasteiger partial charge in [-0.15, -0.1) is 0 Å². The first kappa shape index (κ1) is 14.7. The lowest BCUT2D eigenvalue weighted by atomic mass is 9.76. The minimum atomic E-state index is 0.474. The largest absolute Gasteiger partial charge is 0.490 e. The molecule has 0 atom stereocenters. The summed E-state index contributed by atoms with van der Waals surface area (Å²) in [6, 6.07) is 6.21. The number of nitrogens with one attached hydrogen (secondary N) is 1. The van der Waals surface area contributed by atoms with Crippen molar-refractivity contribution in [1.29, 1.82) is 0 Å². The van der Waals surface area contributed by atoms with Crippen molar-refractivity contribution in [1.82, 2.24) is 5.32 Å². The molecule has 0 spiro atoms. The van der Waals surface area contributed by atoms with Crippen molar-refractivity contribution in [3.63, 3.8) is 0 Å². The van der Waals surface area contributed by atoms with Gasteiger partial charge in [-0.3, -0.25) is 0 Å². The Bertz CT molecular complexity index is 466. The van der Waals surface area contributed by atoms with Gasteiger partial charge in [-0.2, -0.15) is 0 Å². The van der Waals surface area contributed by atoms with Crippen LogP contribution in [0.15, 0.2) is 18.2 Å². The van der Waals surface area contributed by atoms with E-state index in [9.17, 15) is 0 Å². The Morgan fingerprint density at radius 1 is 1.05 bits per heavy atom. The van der Waals surface area contributed by atoms with Gasteiger partial charge in [-0.05, 0) is 24.3 Å². The second-order valence-electron chi connectivity index (χ2n) is 6.77. The van der Waals surface area contributed by atoms with Crippen LogP contribution in [0.3, 0.4) is 0 Å². The predicted molar refractivity (Wildman–Crippen MR) is 84.9 cm³/mol. The summed E-state index contributed by atoms with van der Waals surface area (Å²) in [5, 5.41) is 3.65. The maximum atomic E-state index is 5.88. The van der Waals surface area contributed by atoms with Crippen LogP contribution in [0.4, 0.5) is 0 Å². The van der Waals surface area contributed by atoms with E-state index in [0.717, 1.165) is 44.2 Å². The maximum absolute atomic E-state index is 5.88. The highest BCUT2D eigenvalue weighted by Gasteiger charge is 2.26. The smallest absolute Gasteiger partial charge is 0.165 e. The standard InChI is InChI=1S/C18H27NO2/c1-18(9-3-2-4-10-18)14-19-13-15-7-5-8-16-17(15)21-12-6-11-20-16/h5,7-8,19H,2-4,6,9-14H2,1H3. The Balaban J connectivity index is 1.60. The van der Waals surface area contributed by atoms with Crippen LogP contribution in [0.25, 0.3) is 0 Å². The highest BCUT2D eigenvalue weighted by molar-refractivity contribution is 5.47. The molecule has 0 amide bonds. The number of para-hydroxylation sites is 1. The van der Waals surface area contributed by atoms with Crippen LogP contribution in [0.2, 0.25) is 0 Å². The summed E-state index contributed by atoms with van der Waals surface area (Å²) < 4.78 is 11.6. The van der Waals surface area contributed by atoms with Gasteiger partial charge < -0.3 is 14.8 Å². The van der Waals surface area contributed by atoms with E-state index < -0.39 is 0 Å². The monoisotopic (exact) mass is 289 g/mol. The zero-order valence-corrected chi connectivity index (χ0v) is 13.1. The first-order chi connectivity index (χ1) is 10.3. The van der Waals surface area contributed by atoms with E-state index in [4.69, 9.17) is 9.47 Å². The third-order valence-corrected chi connectivity index (χ3v) is 4.78. The summed E-state index contributed by atoms with van der Waals surface area (Å²) in [7, 11) is 0. The Kier molecular flexibility index (Phi) is 4.69. The number of fused-ring (bicyclic) bond motifs is 1. The quantitative estimate of drug-likeness (QED) is 0.911. The lowest BCUT2D eigenvalue weighted by Crippen LogP contribution is -2.33. The molecule has 2 aliphatic rings. The van der Waals surface area contributed by atoms with E-state index in [1.54, 1.807) is 0 Å². The molecule has 1 N–H and O–H groups in total. The molecule has 3 rings (SSSR count). The molecule has 0 saturated heterocycles. The van der Waals surface area contributed by atoms with Crippen LogP contribution in [0, 0.1) is 5.41 Å². The highest BCUT2D eigenvalue weighted by Crippen LogP contribution is 2.36. The van der Waals surface area contributed by atoms with Gasteiger partial charge in [0, 0.05) is 25.1 Å². The number of benzene rings is 1. The van der Waals surface area contributed by atoms with Gasteiger partial charge in [0.25, 0.3) is 0 Å². The summed E-state index contributed by atoms with van der Waals surface area (Å²) in [4.78, 5) is 0. The van der Waals surface area contributed by atoms with E-state index in [2.05, 4.69) is 24.4 Å². The molecule has 1 aromatic carbocycles. The molecule has 116 valence electrons. The average molecular weight is 289 g/mol. The SMILES string of the molecule is CC1(CNCc2cccc3c2OCCCO3)CCCCC1. The third-order valence-electron chi connectivity index (χ3n) is 4.78. The summed E-state index contributed by atoms with van der Waals surface area (Å²) in [5.74, 6) is 1.84. The van der Waals surface area contributed by atoms with Crippen LogP contribution in [-0.4, -0.2) is 19.8 Å². The van der Waals surface area contributed by atoms with Gasteiger partial charge in [-0.1, -0.05) is 38.3 Å². The minimum Gasteiger partial charge on any atom is -0.490 e. The van der Waals surface area contributed by atoms with E-state index in [-0.39, 0.29) is 0 Å². The van der Waals surface area contributed by atoms with Gasteiger partial charge in [0.15, 0.2) is 11.5 Å². The molecule has 0 unspecified atom stereocenters. The molecule has 3 heteroatoms. The fourth-order valence-electron chi connectivity index (χ4n) is 3.47. The number of rotatable bonds is 4. The van der Waals surface area contributed by atoms with Gasteiger partial charge in [-0.25, -0.2) is 0 Å². The lowest BCUT2D eigenvalue weighted by Gasteiger charge is -2.33. The molecular weight excluding hydrogens is 262 g/mol. The van der Waals surface area contributed by atoms with E-state index >= 15 is 0 Å². The Labute approximate surface area is 128 Å². The van der Waals surface area contributed by atoms with Gasteiger partial charge >= 0.3 is 0 Å². The average Bonchev–Trinajstić information content (AvgIpc) is 2.74. The normalized spacial score (nSPS) is 20.8. The number of hydrogen-bond donors (Lipinski definition) is 1. The van der Waals surface area contributed by atoms with E-state index in [1.165, 1.54) is 37.7 Å². The van der Waals surface area contributed by atoms with Gasteiger partial charge in [0.1, 0.15) is 0 Å². The second kappa shape index (κ2) is 6.69. The van der Waals surface area contributed by atoms with Crippen molar-refractivity contribution >= 4 is 0 Å². The highest BCUT2D eigenvalue weighted by atomic mass is 16.5. The molecule has 1 aromatic rings. The van der Waals surface area contributed by atoms with Gasteiger partial charge in [0.05, 0.1) is 13.2 Å². The molecule has 3 nitrogen and oxygen atoms in total. The van der Waals surface area contributed by atoms with Gasteiger partial charge in [0.2, 0.25) is 0 Å². The molecule has 0 aromatic heterocycles. The van der Waals surface area contributed by atoms with E-state index in [1.807, 2.05) is 6.07 Å². The third kappa shape index (κ3) is 3.70. The molecule has 21 heavy (non-hydrogen) atoms. The van der Waals surface area contributed by atoms with E-state index in [0.29, 0.717) is 5.41 Å².